The van der Waals surface area contributed by atoms with E-state index in [4.69, 9.17) is 9.47 Å². The van der Waals surface area contributed by atoms with Crippen LogP contribution in [0.5, 0.6) is 11.5 Å². The van der Waals surface area contributed by atoms with Gasteiger partial charge >= 0.3 is 0 Å². The van der Waals surface area contributed by atoms with Gasteiger partial charge in [-0.3, -0.25) is 19.7 Å². The van der Waals surface area contributed by atoms with Crippen LogP contribution in [-0.2, 0) is 13.6 Å². The minimum atomic E-state index is -2.59. The van der Waals surface area contributed by atoms with Crippen molar-refractivity contribution < 1.29 is 18.3 Å². The summed E-state index contributed by atoms with van der Waals surface area (Å²) in [4.78, 5) is 17.2. The van der Waals surface area contributed by atoms with Gasteiger partial charge in [-0.05, 0) is 26.0 Å². The Morgan fingerprint density at radius 2 is 1.85 bits per heavy atom. The lowest BCUT2D eigenvalue weighted by atomic mass is 10.00. The highest BCUT2D eigenvalue weighted by molar-refractivity contribution is 5.95. The average molecular weight is 476 g/mol. The molecule has 0 spiro atoms. The van der Waals surface area contributed by atoms with Gasteiger partial charge in [-0.1, -0.05) is 0 Å². The van der Waals surface area contributed by atoms with Gasteiger partial charge in [0.15, 0.2) is 0 Å². The number of ether oxygens (including phenoxy) is 2. The summed E-state index contributed by atoms with van der Waals surface area (Å²) in [5, 5.41) is 7.39. The molecule has 1 fully saturated rings. The van der Waals surface area contributed by atoms with Gasteiger partial charge in [-0.25, -0.2) is 8.78 Å². The number of nitrogens with one attached hydrogen (secondary N) is 1. The van der Waals surface area contributed by atoms with Crippen LogP contribution in [0.2, 0.25) is 0 Å². The fourth-order valence-corrected chi connectivity index (χ4v) is 4.44. The van der Waals surface area contributed by atoms with Gasteiger partial charge in [0.2, 0.25) is 0 Å². The number of alkyl halides is 2. The van der Waals surface area contributed by atoms with Crippen LogP contribution in [0, 0.1) is 0 Å². The van der Waals surface area contributed by atoms with Crippen molar-refractivity contribution in [2.45, 2.75) is 32.9 Å². The average Bonchev–Trinajstić information content (AvgIpc) is 3.31. The number of hydrogen-bond donors (Lipinski definition) is 1. The standard InChI is InChI=1S/C24H31F2N5O3/c1-15(2)31-7-5-30(6-8-31)12-16-9-21(33-4)17(10-20(16)34-14-22(25)26)19-13-29(3)24(32)23-18(19)11-27-28-23/h9-11,13,15,22H,5-8,12,14H2,1-4H3,(H,27,28). The Labute approximate surface area is 197 Å². The Bertz CT molecular complexity index is 1200. The quantitative estimate of drug-likeness (QED) is 0.540. The van der Waals surface area contributed by atoms with Crippen LogP contribution < -0.4 is 15.0 Å². The summed E-state index contributed by atoms with van der Waals surface area (Å²) in [7, 11) is 3.22. The molecule has 0 radical (unpaired) electrons. The molecule has 1 aromatic carbocycles. The summed E-state index contributed by atoms with van der Waals surface area (Å²) < 4.78 is 38.8. The first-order valence-corrected chi connectivity index (χ1v) is 11.4. The zero-order valence-electron chi connectivity index (χ0n) is 20.0. The highest BCUT2D eigenvalue weighted by atomic mass is 19.3. The Morgan fingerprint density at radius 3 is 2.50 bits per heavy atom. The number of nitrogens with zero attached hydrogens (tertiary/aromatic N) is 4. The second-order valence-corrected chi connectivity index (χ2v) is 8.89. The topological polar surface area (TPSA) is 75.6 Å². The lowest BCUT2D eigenvalue weighted by molar-refractivity contribution is 0.0792. The number of aromatic amines is 1. The van der Waals surface area contributed by atoms with E-state index >= 15 is 0 Å². The second-order valence-electron chi connectivity index (χ2n) is 8.89. The van der Waals surface area contributed by atoms with Crippen LogP contribution in [0.25, 0.3) is 22.0 Å². The highest BCUT2D eigenvalue weighted by Crippen LogP contribution is 2.39. The molecule has 0 amide bonds. The number of benzene rings is 1. The molecule has 8 nitrogen and oxygen atoms in total. The fraction of sp³-hybridized carbons (Fsp3) is 0.500. The summed E-state index contributed by atoms with van der Waals surface area (Å²) in [5.74, 6) is 0.953. The van der Waals surface area contributed by atoms with Crippen LogP contribution in [-0.4, -0.2) is 76.9 Å². The number of aryl methyl sites for hydroxylation is 1. The minimum absolute atomic E-state index is 0.207. The summed E-state index contributed by atoms with van der Waals surface area (Å²) in [5.41, 5.74) is 2.28. The molecule has 3 aromatic rings. The first-order valence-electron chi connectivity index (χ1n) is 11.4. The maximum Gasteiger partial charge on any atom is 0.276 e. The molecule has 0 atom stereocenters. The predicted molar refractivity (Wildman–Crippen MR) is 127 cm³/mol. The zero-order valence-corrected chi connectivity index (χ0v) is 20.0. The maximum atomic E-state index is 13.0. The number of methoxy groups -OCH3 is 1. The molecular weight excluding hydrogens is 444 g/mol. The fourth-order valence-electron chi connectivity index (χ4n) is 4.44. The zero-order chi connectivity index (χ0) is 24.4. The van der Waals surface area contributed by atoms with Crippen molar-refractivity contribution in [3.05, 3.63) is 40.4 Å². The number of aromatic nitrogens is 3. The molecule has 0 bridgehead atoms. The number of H-pyrrole nitrogens is 1. The Kier molecular flexibility index (Phi) is 7.18. The number of fused-ring (bicyclic) bond motifs is 1. The molecular formula is C24H31F2N5O3. The Hall–Kier alpha value is -2.98. The van der Waals surface area contributed by atoms with Crippen LogP contribution in [0.3, 0.4) is 0 Å². The van der Waals surface area contributed by atoms with Gasteiger partial charge in [0.05, 0.1) is 13.3 Å². The monoisotopic (exact) mass is 475 g/mol. The van der Waals surface area contributed by atoms with Crippen molar-refractivity contribution in [2.24, 2.45) is 7.05 Å². The first kappa shape index (κ1) is 24.2. The third-order valence-corrected chi connectivity index (χ3v) is 6.36. The van der Waals surface area contributed by atoms with E-state index in [0.717, 1.165) is 31.7 Å². The van der Waals surface area contributed by atoms with Crippen molar-refractivity contribution in [1.29, 1.82) is 0 Å². The van der Waals surface area contributed by atoms with Crippen LogP contribution >= 0.6 is 0 Å². The van der Waals surface area contributed by atoms with Crippen molar-refractivity contribution in [3.8, 4) is 22.6 Å². The van der Waals surface area contributed by atoms with E-state index in [1.807, 2.05) is 6.07 Å². The SMILES string of the molecule is COc1cc(CN2CCN(C(C)C)CC2)c(OCC(F)F)cc1-c1cn(C)c(=O)c2[nH]ncc12. The molecule has 4 rings (SSSR count). The smallest absolute Gasteiger partial charge is 0.276 e. The van der Waals surface area contributed by atoms with E-state index in [0.29, 0.717) is 46.1 Å². The molecule has 10 heteroatoms. The van der Waals surface area contributed by atoms with E-state index in [1.165, 1.54) is 4.57 Å². The summed E-state index contributed by atoms with van der Waals surface area (Å²) in [6.45, 7) is 7.91. The molecule has 1 aliphatic rings. The Balaban J connectivity index is 1.74. The van der Waals surface area contributed by atoms with Gasteiger partial charge < -0.3 is 14.0 Å². The van der Waals surface area contributed by atoms with E-state index < -0.39 is 13.0 Å². The number of halogens is 2. The van der Waals surface area contributed by atoms with Gasteiger partial charge in [0.25, 0.3) is 12.0 Å². The molecule has 184 valence electrons. The van der Waals surface area contributed by atoms with Crippen molar-refractivity contribution in [2.75, 3.05) is 39.9 Å². The third-order valence-electron chi connectivity index (χ3n) is 6.36. The van der Waals surface area contributed by atoms with E-state index in [1.54, 1.807) is 32.6 Å². The van der Waals surface area contributed by atoms with Gasteiger partial charge in [-0.15, -0.1) is 0 Å². The summed E-state index contributed by atoms with van der Waals surface area (Å²) >= 11 is 0. The largest absolute Gasteiger partial charge is 0.496 e. The summed E-state index contributed by atoms with van der Waals surface area (Å²) in [6.07, 6.45) is 0.679. The Morgan fingerprint density at radius 1 is 1.12 bits per heavy atom. The molecule has 0 aliphatic carbocycles. The lowest BCUT2D eigenvalue weighted by Gasteiger charge is -2.37. The molecule has 1 saturated heterocycles. The lowest BCUT2D eigenvalue weighted by Crippen LogP contribution is -2.48. The molecule has 0 unspecified atom stereocenters. The molecule has 1 N–H and O–H groups in total. The maximum absolute atomic E-state index is 13.0. The number of piperazine rings is 1. The number of hydrogen-bond acceptors (Lipinski definition) is 6. The third kappa shape index (κ3) is 4.92. The normalized spacial score (nSPS) is 15.5. The van der Waals surface area contributed by atoms with Crippen molar-refractivity contribution in [3.63, 3.8) is 0 Å². The van der Waals surface area contributed by atoms with Gasteiger partial charge in [0.1, 0.15) is 23.6 Å². The molecule has 0 saturated carbocycles. The van der Waals surface area contributed by atoms with Crippen LogP contribution in [0.15, 0.2) is 29.3 Å². The van der Waals surface area contributed by atoms with E-state index in [-0.39, 0.29) is 5.56 Å². The predicted octanol–water partition coefficient (Wildman–Crippen LogP) is 3.11. The van der Waals surface area contributed by atoms with E-state index in [9.17, 15) is 13.6 Å². The van der Waals surface area contributed by atoms with Gasteiger partial charge in [0, 0.05) is 74.1 Å². The van der Waals surface area contributed by atoms with Gasteiger partial charge in [-0.2, -0.15) is 5.10 Å². The molecule has 2 aromatic heterocycles. The molecule has 3 heterocycles. The van der Waals surface area contributed by atoms with Crippen LogP contribution in [0.1, 0.15) is 19.4 Å². The first-order chi connectivity index (χ1) is 16.3. The number of rotatable bonds is 8. The summed E-state index contributed by atoms with van der Waals surface area (Å²) in [6, 6.07) is 4.07. The van der Waals surface area contributed by atoms with E-state index in [2.05, 4.69) is 33.8 Å². The van der Waals surface area contributed by atoms with Crippen LogP contribution in [0.4, 0.5) is 8.78 Å². The molecule has 34 heavy (non-hydrogen) atoms. The number of pyridine rings is 1. The molecule has 1 aliphatic heterocycles. The highest BCUT2D eigenvalue weighted by Gasteiger charge is 2.23. The second kappa shape index (κ2) is 10.1. The van der Waals surface area contributed by atoms with Crippen molar-refractivity contribution in [1.82, 2.24) is 24.6 Å². The van der Waals surface area contributed by atoms with Crippen molar-refractivity contribution >= 4 is 10.9 Å². The minimum Gasteiger partial charge on any atom is -0.496 e.